The van der Waals surface area contributed by atoms with E-state index in [2.05, 4.69) is 39.8 Å². The zero-order chi connectivity index (χ0) is 24.1. The lowest BCUT2D eigenvalue weighted by Gasteiger charge is -2.20. The molecule has 0 aliphatic heterocycles. The quantitative estimate of drug-likeness (QED) is 0.436. The normalized spacial score (nSPS) is 12.0. The largest absolute Gasteiger partial charge is 0.354 e. The number of carbonyl (C=O) groups excluding carboxylic acids is 1. The van der Waals surface area contributed by atoms with Crippen LogP contribution in [0.3, 0.4) is 0 Å². The second-order valence-corrected chi connectivity index (χ2v) is 8.44. The van der Waals surface area contributed by atoms with Crippen molar-refractivity contribution in [2.24, 2.45) is 0 Å². The number of rotatable bonds is 8. The van der Waals surface area contributed by atoms with E-state index in [0.29, 0.717) is 12.4 Å². The second-order valence-electron chi connectivity index (χ2n) is 8.44. The van der Waals surface area contributed by atoms with Crippen molar-refractivity contribution in [2.45, 2.75) is 39.2 Å². The van der Waals surface area contributed by atoms with E-state index >= 15 is 0 Å². The van der Waals surface area contributed by atoms with E-state index in [0.717, 1.165) is 17.8 Å². The van der Waals surface area contributed by atoms with Gasteiger partial charge in [0.2, 0.25) is 5.91 Å². The van der Waals surface area contributed by atoms with E-state index in [1.165, 1.54) is 21.9 Å². The molecule has 2 aromatic carbocycles. The van der Waals surface area contributed by atoms with Crippen molar-refractivity contribution in [1.29, 1.82) is 0 Å². The summed E-state index contributed by atoms with van der Waals surface area (Å²) in [5, 5.41) is 11.8. The van der Waals surface area contributed by atoms with Gasteiger partial charge >= 0.3 is 0 Å². The number of hydrogen-bond acceptors (Lipinski definition) is 4. The van der Waals surface area contributed by atoms with Crippen LogP contribution in [0.2, 0.25) is 0 Å². The van der Waals surface area contributed by atoms with Crippen molar-refractivity contribution < 1.29 is 4.79 Å². The van der Waals surface area contributed by atoms with Crippen molar-refractivity contribution in [3.05, 3.63) is 112 Å². The minimum Gasteiger partial charge on any atom is -0.354 e. The molecule has 1 N–H and O–H groups in total. The van der Waals surface area contributed by atoms with Crippen LogP contribution in [-0.4, -0.2) is 32.0 Å². The third-order valence-corrected chi connectivity index (χ3v) is 5.92. The van der Waals surface area contributed by atoms with Gasteiger partial charge in [0.15, 0.2) is 5.82 Å². The summed E-state index contributed by atoms with van der Waals surface area (Å²) in [6.45, 7) is 5.97. The van der Waals surface area contributed by atoms with Crippen LogP contribution in [0, 0.1) is 13.8 Å². The Labute approximate surface area is 199 Å². The Balaban J connectivity index is 1.47. The molecule has 7 heteroatoms. The molecule has 1 amide bonds. The molecule has 0 spiro atoms. The van der Waals surface area contributed by atoms with Crippen LogP contribution in [0.4, 0.5) is 0 Å². The molecule has 174 valence electrons. The first kappa shape index (κ1) is 23.2. The lowest BCUT2D eigenvalue weighted by atomic mass is 9.88. The highest BCUT2D eigenvalue weighted by molar-refractivity contribution is 5.79. The molecular formula is C27H29N5O2. The summed E-state index contributed by atoms with van der Waals surface area (Å²) in [5.41, 5.74) is 3.83. The Morgan fingerprint density at radius 2 is 1.53 bits per heavy atom. The number of carbonyl (C=O) groups is 1. The molecule has 0 fully saturated rings. The van der Waals surface area contributed by atoms with Crippen LogP contribution in [0.15, 0.2) is 83.7 Å². The molecule has 0 bridgehead atoms. The SMILES string of the molecule is Cc1cc(C)n(-c2ccc(=O)n(C(C)C(=O)NCCC(c3ccccc3)c3ccccc3)n2)n1. The lowest BCUT2D eigenvalue weighted by Crippen LogP contribution is -2.38. The average molecular weight is 456 g/mol. The predicted octanol–water partition coefficient (Wildman–Crippen LogP) is 3.95. The fourth-order valence-electron chi connectivity index (χ4n) is 4.16. The monoisotopic (exact) mass is 455 g/mol. The Bertz CT molecular complexity index is 1270. The van der Waals surface area contributed by atoms with Crippen LogP contribution in [-0.2, 0) is 4.79 Å². The van der Waals surface area contributed by atoms with Gasteiger partial charge in [-0.25, -0.2) is 9.36 Å². The average Bonchev–Trinajstić information content (AvgIpc) is 3.20. The molecule has 0 aliphatic rings. The Morgan fingerprint density at radius 1 is 0.912 bits per heavy atom. The van der Waals surface area contributed by atoms with Crippen molar-refractivity contribution in [3.8, 4) is 5.82 Å². The van der Waals surface area contributed by atoms with Gasteiger partial charge in [-0.15, -0.1) is 5.10 Å². The fourth-order valence-corrected chi connectivity index (χ4v) is 4.16. The maximum atomic E-state index is 12.9. The highest BCUT2D eigenvalue weighted by Gasteiger charge is 2.20. The highest BCUT2D eigenvalue weighted by atomic mass is 16.2. The molecule has 0 radical (unpaired) electrons. The topological polar surface area (TPSA) is 81.8 Å². The summed E-state index contributed by atoms with van der Waals surface area (Å²) in [5.74, 6) is 0.409. The van der Waals surface area contributed by atoms with Crippen molar-refractivity contribution in [1.82, 2.24) is 24.9 Å². The standard InChI is InChI=1S/C27H29N5O2/c1-19-18-20(2)31(29-19)25-14-15-26(33)32(30-25)21(3)27(34)28-17-16-24(22-10-6-4-7-11-22)23-12-8-5-9-13-23/h4-15,18,21,24H,16-17H2,1-3H3,(H,28,34). The van der Waals surface area contributed by atoms with Gasteiger partial charge < -0.3 is 5.32 Å². The first-order chi connectivity index (χ1) is 16.4. The molecule has 0 aliphatic carbocycles. The van der Waals surface area contributed by atoms with E-state index in [1.807, 2.05) is 56.3 Å². The number of amides is 1. The van der Waals surface area contributed by atoms with Gasteiger partial charge in [-0.2, -0.15) is 5.10 Å². The van der Waals surface area contributed by atoms with Crippen LogP contribution >= 0.6 is 0 Å². The number of aryl methyl sites for hydroxylation is 2. The highest BCUT2D eigenvalue weighted by Crippen LogP contribution is 2.27. The van der Waals surface area contributed by atoms with E-state index in [-0.39, 0.29) is 17.4 Å². The van der Waals surface area contributed by atoms with Gasteiger partial charge in [-0.1, -0.05) is 60.7 Å². The van der Waals surface area contributed by atoms with Gasteiger partial charge in [0.25, 0.3) is 5.56 Å². The first-order valence-electron chi connectivity index (χ1n) is 11.4. The van der Waals surface area contributed by atoms with E-state index in [9.17, 15) is 9.59 Å². The Morgan fingerprint density at radius 3 is 2.09 bits per heavy atom. The molecule has 4 aromatic rings. The minimum atomic E-state index is -0.753. The predicted molar refractivity (Wildman–Crippen MR) is 132 cm³/mol. The van der Waals surface area contributed by atoms with Gasteiger partial charge in [-0.3, -0.25) is 9.59 Å². The van der Waals surface area contributed by atoms with E-state index in [4.69, 9.17) is 0 Å². The molecular weight excluding hydrogens is 426 g/mol. The molecule has 4 rings (SSSR count). The number of aromatic nitrogens is 4. The maximum Gasteiger partial charge on any atom is 0.267 e. The fraction of sp³-hybridized carbons (Fsp3) is 0.259. The van der Waals surface area contributed by atoms with Crippen molar-refractivity contribution in [3.63, 3.8) is 0 Å². The number of nitrogens with one attached hydrogen (secondary N) is 1. The molecule has 0 saturated heterocycles. The van der Waals surface area contributed by atoms with Gasteiger partial charge in [0.05, 0.1) is 5.69 Å². The van der Waals surface area contributed by atoms with E-state index < -0.39 is 6.04 Å². The summed E-state index contributed by atoms with van der Waals surface area (Å²) < 4.78 is 2.88. The van der Waals surface area contributed by atoms with Crippen molar-refractivity contribution >= 4 is 5.91 Å². The molecule has 1 atom stereocenters. The third-order valence-electron chi connectivity index (χ3n) is 5.92. The zero-order valence-electron chi connectivity index (χ0n) is 19.7. The molecule has 34 heavy (non-hydrogen) atoms. The summed E-state index contributed by atoms with van der Waals surface area (Å²) in [7, 11) is 0. The summed E-state index contributed by atoms with van der Waals surface area (Å²) in [4.78, 5) is 25.4. The molecule has 7 nitrogen and oxygen atoms in total. The lowest BCUT2D eigenvalue weighted by molar-refractivity contribution is -0.124. The molecule has 1 unspecified atom stereocenters. The smallest absolute Gasteiger partial charge is 0.267 e. The Kier molecular flexibility index (Phi) is 7.01. The second kappa shape index (κ2) is 10.3. The summed E-state index contributed by atoms with van der Waals surface area (Å²) >= 11 is 0. The molecule has 2 heterocycles. The first-order valence-corrected chi connectivity index (χ1v) is 11.4. The summed E-state index contributed by atoms with van der Waals surface area (Å²) in [6, 6.07) is 24.8. The molecule has 2 aromatic heterocycles. The molecule has 0 saturated carbocycles. The van der Waals surface area contributed by atoms with Crippen LogP contribution in [0.5, 0.6) is 0 Å². The van der Waals surface area contributed by atoms with Crippen LogP contribution < -0.4 is 10.9 Å². The van der Waals surface area contributed by atoms with Crippen molar-refractivity contribution in [2.75, 3.05) is 6.54 Å². The van der Waals surface area contributed by atoms with Gasteiger partial charge in [0.1, 0.15) is 6.04 Å². The zero-order valence-corrected chi connectivity index (χ0v) is 19.7. The number of nitrogens with zero attached hydrogens (tertiary/aromatic N) is 4. The van der Waals surface area contributed by atoms with Gasteiger partial charge in [0, 0.05) is 24.2 Å². The van der Waals surface area contributed by atoms with E-state index in [1.54, 1.807) is 17.7 Å². The van der Waals surface area contributed by atoms with Crippen LogP contribution in [0.25, 0.3) is 5.82 Å². The summed E-state index contributed by atoms with van der Waals surface area (Å²) in [6.07, 6.45) is 0.737. The Hall–Kier alpha value is -4.00. The minimum absolute atomic E-state index is 0.160. The third kappa shape index (κ3) is 5.14. The maximum absolute atomic E-state index is 12.9. The van der Waals surface area contributed by atoms with Crippen LogP contribution in [0.1, 0.15) is 47.8 Å². The van der Waals surface area contributed by atoms with Gasteiger partial charge in [-0.05, 0) is 50.5 Å². The number of benzene rings is 2. The number of hydrogen-bond donors (Lipinski definition) is 1.